The van der Waals surface area contributed by atoms with Crippen molar-refractivity contribution < 1.29 is 14.0 Å². The molecule has 2 heterocycles. The van der Waals surface area contributed by atoms with Crippen LogP contribution < -0.4 is 10.6 Å². The average Bonchev–Trinajstić information content (AvgIpc) is 3.26. The Balaban J connectivity index is 1.32. The summed E-state index contributed by atoms with van der Waals surface area (Å²) in [6.45, 7) is 3.03. The number of hydrogen-bond acceptors (Lipinski definition) is 3. The molecule has 4 fully saturated rings. The maximum Gasteiger partial charge on any atom is 0.237 e. The van der Waals surface area contributed by atoms with Gasteiger partial charge in [-0.25, -0.2) is 4.39 Å². The highest BCUT2D eigenvalue weighted by atomic mass is 19.1. The van der Waals surface area contributed by atoms with E-state index >= 15 is 0 Å². The van der Waals surface area contributed by atoms with Gasteiger partial charge in [-0.3, -0.25) is 9.59 Å². The molecule has 2 N–H and O–H groups in total. The van der Waals surface area contributed by atoms with Gasteiger partial charge in [0, 0.05) is 37.0 Å². The van der Waals surface area contributed by atoms with Crippen molar-refractivity contribution in [3.8, 4) is 0 Å². The number of rotatable bonds is 3. The number of alkyl halides is 1. The Morgan fingerprint density at radius 1 is 1.19 bits per heavy atom. The molecular formula is C20H32FN3O2. The molecule has 0 spiro atoms. The summed E-state index contributed by atoms with van der Waals surface area (Å²) in [5.41, 5.74) is 0. The first kappa shape index (κ1) is 18.2. The van der Waals surface area contributed by atoms with Crippen LogP contribution in [0.15, 0.2) is 0 Å². The number of fused-ring (bicyclic) bond motifs is 1. The van der Waals surface area contributed by atoms with Gasteiger partial charge in [-0.15, -0.1) is 0 Å². The van der Waals surface area contributed by atoms with Crippen LogP contribution in [-0.4, -0.2) is 53.6 Å². The number of halogens is 1. The van der Waals surface area contributed by atoms with Crippen molar-refractivity contribution in [2.45, 2.75) is 95.1 Å². The van der Waals surface area contributed by atoms with Crippen molar-refractivity contribution in [3.05, 3.63) is 0 Å². The standard InChI is InChI=1S/C20H32FN3O2/c1-12-7-8-16(21)15-11-17(23-19(12)15)20(26)22-13-4-2-5-14(10-13)24-9-3-6-18(24)25/h12-17,19,23H,2-11H2,1H3,(H,22,26). The normalized spacial score (nSPS) is 43.4. The summed E-state index contributed by atoms with van der Waals surface area (Å²) in [5, 5.41) is 6.63. The van der Waals surface area contributed by atoms with Gasteiger partial charge in [0.25, 0.3) is 0 Å². The third-order valence-corrected chi connectivity index (χ3v) is 7.20. The molecule has 0 bridgehead atoms. The SMILES string of the molecule is CC1CCC(F)C2CC(C(=O)NC3CCCC(N4CCCC4=O)C3)NC12. The predicted octanol–water partition coefficient (Wildman–Crippen LogP) is 2.15. The lowest BCUT2D eigenvalue weighted by Gasteiger charge is -2.36. The zero-order valence-electron chi connectivity index (χ0n) is 15.8. The van der Waals surface area contributed by atoms with Gasteiger partial charge >= 0.3 is 0 Å². The Labute approximate surface area is 155 Å². The Morgan fingerprint density at radius 2 is 2.04 bits per heavy atom. The van der Waals surface area contributed by atoms with Crippen LogP contribution in [0.4, 0.5) is 4.39 Å². The van der Waals surface area contributed by atoms with E-state index in [-0.39, 0.29) is 41.9 Å². The predicted molar refractivity (Wildman–Crippen MR) is 97.2 cm³/mol. The number of amides is 2. The van der Waals surface area contributed by atoms with Gasteiger partial charge in [-0.05, 0) is 57.3 Å². The minimum Gasteiger partial charge on any atom is -0.352 e. The molecule has 2 aliphatic carbocycles. The molecule has 7 atom stereocenters. The third kappa shape index (κ3) is 3.49. The summed E-state index contributed by atoms with van der Waals surface area (Å²) in [5.74, 6) is 0.713. The molecule has 2 saturated heterocycles. The summed E-state index contributed by atoms with van der Waals surface area (Å²) in [6.07, 6.45) is 6.94. The molecule has 2 amide bonds. The fraction of sp³-hybridized carbons (Fsp3) is 0.900. The van der Waals surface area contributed by atoms with E-state index in [1.54, 1.807) is 0 Å². The molecule has 4 aliphatic rings. The Hall–Kier alpha value is -1.17. The van der Waals surface area contributed by atoms with Gasteiger partial charge in [0.15, 0.2) is 0 Å². The van der Waals surface area contributed by atoms with Crippen LogP contribution in [0.1, 0.15) is 64.7 Å². The number of nitrogens with zero attached hydrogens (tertiary/aromatic N) is 1. The fourth-order valence-electron chi connectivity index (χ4n) is 5.74. The van der Waals surface area contributed by atoms with Crippen LogP contribution >= 0.6 is 0 Å². The van der Waals surface area contributed by atoms with Gasteiger partial charge in [-0.2, -0.15) is 0 Å². The van der Waals surface area contributed by atoms with E-state index in [9.17, 15) is 14.0 Å². The van der Waals surface area contributed by atoms with Gasteiger partial charge in [0.2, 0.25) is 11.8 Å². The average molecular weight is 365 g/mol. The number of carbonyl (C=O) groups excluding carboxylic acids is 2. The van der Waals surface area contributed by atoms with E-state index in [0.29, 0.717) is 25.2 Å². The first-order valence-electron chi connectivity index (χ1n) is 10.5. The van der Waals surface area contributed by atoms with Crippen LogP contribution in [0.2, 0.25) is 0 Å². The quantitative estimate of drug-likeness (QED) is 0.806. The van der Waals surface area contributed by atoms with Crippen molar-refractivity contribution in [2.75, 3.05) is 6.54 Å². The molecule has 0 radical (unpaired) electrons. The summed E-state index contributed by atoms with van der Waals surface area (Å²) < 4.78 is 14.3. The number of carbonyl (C=O) groups is 2. The van der Waals surface area contributed by atoms with E-state index < -0.39 is 6.17 Å². The largest absolute Gasteiger partial charge is 0.352 e. The molecule has 0 aromatic heterocycles. The van der Waals surface area contributed by atoms with Gasteiger partial charge in [0.1, 0.15) is 6.17 Å². The van der Waals surface area contributed by atoms with E-state index in [1.807, 2.05) is 4.90 Å². The lowest BCUT2D eigenvalue weighted by molar-refractivity contribution is -0.130. The van der Waals surface area contributed by atoms with Crippen LogP contribution in [-0.2, 0) is 9.59 Å². The van der Waals surface area contributed by atoms with Gasteiger partial charge in [0.05, 0.1) is 6.04 Å². The number of hydrogen-bond donors (Lipinski definition) is 2. The van der Waals surface area contributed by atoms with Crippen molar-refractivity contribution in [2.24, 2.45) is 11.8 Å². The molecular weight excluding hydrogens is 333 g/mol. The van der Waals surface area contributed by atoms with Crippen molar-refractivity contribution in [1.29, 1.82) is 0 Å². The van der Waals surface area contributed by atoms with Gasteiger partial charge in [-0.1, -0.05) is 6.92 Å². The maximum atomic E-state index is 14.3. The number of nitrogens with one attached hydrogen (secondary N) is 2. The van der Waals surface area contributed by atoms with E-state index in [2.05, 4.69) is 17.6 Å². The first-order chi connectivity index (χ1) is 12.5. The van der Waals surface area contributed by atoms with Crippen molar-refractivity contribution >= 4 is 11.8 Å². The topological polar surface area (TPSA) is 61.4 Å². The minimum atomic E-state index is -0.776. The highest BCUT2D eigenvalue weighted by molar-refractivity contribution is 5.82. The monoisotopic (exact) mass is 365 g/mol. The smallest absolute Gasteiger partial charge is 0.237 e. The van der Waals surface area contributed by atoms with Crippen LogP contribution in [0.5, 0.6) is 0 Å². The fourth-order valence-corrected chi connectivity index (χ4v) is 5.74. The summed E-state index contributed by atoms with van der Waals surface area (Å²) in [7, 11) is 0. The molecule has 4 rings (SSSR count). The first-order valence-corrected chi connectivity index (χ1v) is 10.5. The minimum absolute atomic E-state index is 0.0178. The summed E-state index contributed by atoms with van der Waals surface area (Å²) in [4.78, 5) is 26.8. The van der Waals surface area contributed by atoms with E-state index in [1.165, 1.54) is 0 Å². The second-order valence-electron chi connectivity index (χ2n) is 8.93. The van der Waals surface area contributed by atoms with E-state index in [4.69, 9.17) is 0 Å². The van der Waals surface area contributed by atoms with Crippen LogP contribution in [0.25, 0.3) is 0 Å². The Kier molecular flexibility index (Phi) is 5.22. The van der Waals surface area contributed by atoms with Crippen molar-refractivity contribution in [1.82, 2.24) is 15.5 Å². The molecule has 7 unspecified atom stereocenters. The highest BCUT2D eigenvalue weighted by Crippen LogP contribution is 2.38. The molecule has 2 saturated carbocycles. The second kappa shape index (κ2) is 7.45. The number of likely N-dealkylation sites (tertiary alicyclic amines) is 1. The molecule has 5 nitrogen and oxygen atoms in total. The zero-order chi connectivity index (χ0) is 18.3. The molecule has 2 aliphatic heterocycles. The Bertz CT molecular complexity index is 539. The summed E-state index contributed by atoms with van der Waals surface area (Å²) in [6, 6.07) is 0.282. The van der Waals surface area contributed by atoms with Crippen molar-refractivity contribution in [3.63, 3.8) is 0 Å². The molecule has 26 heavy (non-hydrogen) atoms. The molecule has 146 valence electrons. The summed E-state index contributed by atoms with van der Waals surface area (Å²) >= 11 is 0. The highest BCUT2D eigenvalue weighted by Gasteiger charge is 2.46. The lowest BCUT2D eigenvalue weighted by Crippen LogP contribution is -2.51. The zero-order valence-corrected chi connectivity index (χ0v) is 15.8. The van der Waals surface area contributed by atoms with E-state index in [0.717, 1.165) is 45.1 Å². The molecule has 6 heteroatoms. The third-order valence-electron chi connectivity index (χ3n) is 7.20. The maximum absolute atomic E-state index is 14.3. The second-order valence-corrected chi connectivity index (χ2v) is 8.93. The Morgan fingerprint density at radius 3 is 2.77 bits per heavy atom. The van der Waals surface area contributed by atoms with Crippen LogP contribution in [0, 0.1) is 11.8 Å². The molecule has 0 aromatic rings. The van der Waals surface area contributed by atoms with Crippen LogP contribution in [0.3, 0.4) is 0 Å². The van der Waals surface area contributed by atoms with Gasteiger partial charge < -0.3 is 15.5 Å². The molecule has 0 aromatic carbocycles. The lowest BCUT2D eigenvalue weighted by atomic mass is 9.77.